The Balaban J connectivity index is 0.000000199. The quantitative estimate of drug-likeness (QED) is 0.465. The monoisotopic (exact) mass is 423 g/mol. The van der Waals surface area contributed by atoms with Crippen molar-refractivity contribution < 1.29 is 17.7 Å². The van der Waals surface area contributed by atoms with Crippen LogP contribution in [0.2, 0.25) is 0 Å². The predicted octanol–water partition coefficient (Wildman–Crippen LogP) is 5.09. The van der Waals surface area contributed by atoms with Crippen LogP contribution in [0.15, 0.2) is 57.1 Å². The van der Waals surface area contributed by atoms with Crippen molar-refractivity contribution in [2.75, 3.05) is 13.4 Å². The Kier molecular flexibility index (Phi) is 7.43. The fraction of sp³-hybridized carbons (Fsp3) is 0.211. The Bertz CT molecular complexity index is 996. The van der Waals surface area contributed by atoms with Crippen molar-refractivity contribution in [3.63, 3.8) is 0 Å². The number of benzene rings is 2. The molecule has 0 saturated heterocycles. The molecule has 2 aromatic carbocycles. The normalized spacial score (nSPS) is 10.9. The lowest BCUT2D eigenvalue weighted by molar-refractivity contribution is 0.415. The van der Waals surface area contributed by atoms with Gasteiger partial charge >= 0.3 is 0 Å². The number of methoxy groups -OCH3 is 1. The highest BCUT2D eigenvalue weighted by atomic mass is 32.2. The first-order valence-corrected chi connectivity index (χ1v) is 11.5. The minimum atomic E-state index is -4.04. The van der Waals surface area contributed by atoms with Crippen LogP contribution in [-0.2, 0) is 10.1 Å². The summed E-state index contributed by atoms with van der Waals surface area (Å²) < 4.78 is 36.2. The Hall–Kier alpha value is -1.87. The summed E-state index contributed by atoms with van der Waals surface area (Å²) in [6, 6.07) is 12.5. The summed E-state index contributed by atoms with van der Waals surface area (Å²) in [4.78, 5) is 4.44. The number of aryl methyl sites for hydroxylation is 2. The van der Waals surface area contributed by atoms with Crippen molar-refractivity contribution in [1.82, 2.24) is 4.98 Å². The number of ether oxygens (including phenoxy) is 1. The van der Waals surface area contributed by atoms with Crippen LogP contribution in [0.4, 0.5) is 0 Å². The summed E-state index contributed by atoms with van der Waals surface area (Å²) in [5.41, 5.74) is 4.02. The molecule has 0 aliphatic heterocycles. The van der Waals surface area contributed by atoms with Crippen LogP contribution >= 0.6 is 23.1 Å². The van der Waals surface area contributed by atoms with Gasteiger partial charge < -0.3 is 4.74 Å². The summed E-state index contributed by atoms with van der Waals surface area (Å²) in [6.45, 7) is 3.67. The van der Waals surface area contributed by atoms with Gasteiger partial charge in [-0.3, -0.25) is 4.55 Å². The number of aromatic nitrogens is 1. The second kappa shape index (κ2) is 9.36. The van der Waals surface area contributed by atoms with Crippen LogP contribution in [0.3, 0.4) is 0 Å². The summed E-state index contributed by atoms with van der Waals surface area (Å²) >= 11 is 3.35. The van der Waals surface area contributed by atoms with Gasteiger partial charge in [-0.05, 0) is 67.6 Å². The highest BCUT2D eigenvalue weighted by Gasteiger charge is 2.09. The van der Waals surface area contributed by atoms with E-state index in [1.165, 1.54) is 12.1 Å². The third kappa shape index (κ3) is 6.07. The molecule has 0 unspecified atom stereocenters. The van der Waals surface area contributed by atoms with Gasteiger partial charge in [-0.15, -0.1) is 11.3 Å². The van der Waals surface area contributed by atoms with Gasteiger partial charge in [0.2, 0.25) is 0 Å². The number of hydrogen-bond donors (Lipinski definition) is 1. The van der Waals surface area contributed by atoms with Crippen molar-refractivity contribution in [2.24, 2.45) is 0 Å². The first kappa shape index (κ1) is 21.4. The fourth-order valence-corrected chi connectivity index (χ4v) is 3.96. The molecule has 5 nitrogen and oxygen atoms in total. The van der Waals surface area contributed by atoms with Crippen LogP contribution in [0.1, 0.15) is 11.1 Å². The molecule has 144 valence electrons. The van der Waals surface area contributed by atoms with Crippen molar-refractivity contribution in [1.29, 1.82) is 0 Å². The molecule has 0 amide bonds. The molecule has 3 rings (SSSR count). The van der Waals surface area contributed by atoms with E-state index < -0.39 is 10.1 Å². The standard InChI is InChI=1S/C11H11NOS2.C8H10O3S/c1-13-9-5-3-8(4-6-9)10-7-15-11(12-10)14-2;1-6-3-4-8(5-7(6)2)12(9,10)11/h3-7H,1-2H3;3-5H,1-2H3,(H,9,10,11). The number of thioether (sulfide) groups is 1. The molecule has 1 N–H and O–H groups in total. The number of hydrogen-bond acceptors (Lipinski definition) is 6. The van der Waals surface area contributed by atoms with E-state index in [1.807, 2.05) is 37.4 Å². The molecule has 8 heteroatoms. The smallest absolute Gasteiger partial charge is 0.294 e. The Labute approximate surface area is 168 Å². The van der Waals surface area contributed by atoms with E-state index in [0.717, 1.165) is 32.5 Å². The van der Waals surface area contributed by atoms with Gasteiger partial charge in [0.05, 0.1) is 17.7 Å². The van der Waals surface area contributed by atoms with Gasteiger partial charge in [-0.2, -0.15) is 8.42 Å². The summed E-state index contributed by atoms with van der Waals surface area (Å²) in [6.07, 6.45) is 2.04. The van der Waals surface area contributed by atoms with E-state index in [4.69, 9.17) is 9.29 Å². The van der Waals surface area contributed by atoms with Crippen molar-refractivity contribution in [3.8, 4) is 17.0 Å². The van der Waals surface area contributed by atoms with E-state index in [-0.39, 0.29) is 4.90 Å². The highest BCUT2D eigenvalue weighted by molar-refractivity contribution is 8.00. The fourth-order valence-electron chi connectivity index (χ4n) is 2.12. The average Bonchev–Trinajstić information content (AvgIpc) is 3.13. The Morgan fingerprint density at radius 1 is 1.07 bits per heavy atom. The minimum Gasteiger partial charge on any atom is -0.497 e. The minimum absolute atomic E-state index is 0.0504. The zero-order chi connectivity index (χ0) is 20.0. The van der Waals surface area contributed by atoms with Crippen LogP contribution in [0, 0.1) is 13.8 Å². The van der Waals surface area contributed by atoms with Gasteiger partial charge in [0.25, 0.3) is 10.1 Å². The summed E-state index contributed by atoms with van der Waals surface area (Å²) in [7, 11) is -2.37. The third-order valence-electron chi connectivity index (χ3n) is 3.82. The molecule has 1 aromatic heterocycles. The SMILES string of the molecule is COc1ccc(-c2csc(SC)n2)cc1.Cc1ccc(S(=O)(=O)O)cc1C. The second-order valence-electron chi connectivity index (χ2n) is 5.65. The maximum atomic E-state index is 10.7. The molecule has 0 atom stereocenters. The molecule has 3 aromatic rings. The Morgan fingerprint density at radius 2 is 1.74 bits per heavy atom. The van der Waals surface area contributed by atoms with Gasteiger partial charge in [-0.1, -0.05) is 17.8 Å². The van der Waals surface area contributed by atoms with E-state index in [0.29, 0.717) is 0 Å². The maximum Gasteiger partial charge on any atom is 0.294 e. The maximum absolute atomic E-state index is 10.7. The van der Waals surface area contributed by atoms with Gasteiger partial charge in [0.1, 0.15) is 10.1 Å². The molecule has 0 aliphatic rings. The largest absolute Gasteiger partial charge is 0.497 e. The molecule has 0 radical (unpaired) electrons. The van der Waals surface area contributed by atoms with Crippen LogP contribution in [-0.4, -0.2) is 31.3 Å². The van der Waals surface area contributed by atoms with Crippen LogP contribution < -0.4 is 4.74 Å². The van der Waals surface area contributed by atoms with E-state index >= 15 is 0 Å². The molecule has 0 bridgehead atoms. The number of thiazole rings is 1. The average molecular weight is 424 g/mol. The highest BCUT2D eigenvalue weighted by Crippen LogP contribution is 2.27. The van der Waals surface area contributed by atoms with Crippen molar-refractivity contribution in [3.05, 3.63) is 59.0 Å². The molecule has 0 spiro atoms. The van der Waals surface area contributed by atoms with Gasteiger partial charge in [-0.25, -0.2) is 4.98 Å². The lowest BCUT2D eigenvalue weighted by Crippen LogP contribution is -1.98. The lowest BCUT2D eigenvalue weighted by atomic mass is 10.1. The first-order chi connectivity index (χ1) is 12.7. The number of nitrogens with zero attached hydrogens (tertiary/aromatic N) is 1. The van der Waals surface area contributed by atoms with E-state index in [1.54, 1.807) is 43.2 Å². The molecule has 27 heavy (non-hydrogen) atoms. The topological polar surface area (TPSA) is 76.5 Å². The van der Waals surface area contributed by atoms with Crippen LogP contribution in [0.5, 0.6) is 5.75 Å². The molecular weight excluding hydrogens is 402 g/mol. The summed E-state index contributed by atoms with van der Waals surface area (Å²) in [5.74, 6) is 0.874. The zero-order valence-corrected chi connectivity index (χ0v) is 17.9. The first-order valence-electron chi connectivity index (χ1n) is 7.93. The van der Waals surface area contributed by atoms with Crippen molar-refractivity contribution >= 4 is 33.2 Å². The lowest BCUT2D eigenvalue weighted by Gasteiger charge is -2.01. The van der Waals surface area contributed by atoms with E-state index in [9.17, 15) is 8.42 Å². The Morgan fingerprint density at radius 3 is 2.22 bits per heavy atom. The van der Waals surface area contributed by atoms with Gasteiger partial charge in [0.15, 0.2) is 0 Å². The third-order valence-corrected chi connectivity index (χ3v) is 6.53. The molecular formula is C19H21NO4S3. The summed E-state index contributed by atoms with van der Waals surface area (Å²) in [5, 5.41) is 2.08. The zero-order valence-electron chi connectivity index (χ0n) is 15.5. The molecule has 0 fully saturated rings. The van der Waals surface area contributed by atoms with Crippen LogP contribution in [0.25, 0.3) is 11.3 Å². The predicted molar refractivity (Wildman–Crippen MR) is 112 cm³/mol. The molecule has 0 aliphatic carbocycles. The van der Waals surface area contributed by atoms with Crippen molar-refractivity contribution in [2.45, 2.75) is 23.1 Å². The van der Waals surface area contributed by atoms with Gasteiger partial charge in [0, 0.05) is 10.9 Å². The second-order valence-corrected chi connectivity index (χ2v) is 8.99. The number of rotatable bonds is 4. The molecule has 0 saturated carbocycles. The van der Waals surface area contributed by atoms with E-state index in [2.05, 4.69) is 10.4 Å². The molecule has 1 heterocycles.